The summed E-state index contributed by atoms with van der Waals surface area (Å²) in [6.45, 7) is 3.23. The molecule has 0 aliphatic heterocycles. The van der Waals surface area contributed by atoms with E-state index >= 15 is 0 Å². The molecule has 5 heteroatoms. The predicted octanol–water partition coefficient (Wildman–Crippen LogP) is 2.45. The molecule has 2 unspecified atom stereocenters. The molecule has 0 amide bonds. The topological polar surface area (TPSA) is 42.2 Å². The maximum absolute atomic E-state index is 5.88. The van der Waals surface area contributed by atoms with Crippen LogP contribution in [-0.2, 0) is 0 Å². The number of halogens is 1. The highest BCUT2D eigenvalue weighted by atomic mass is 35.5. The van der Waals surface area contributed by atoms with E-state index in [0.717, 1.165) is 24.0 Å². The third-order valence-electron chi connectivity index (χ3n) is 3.09. The zero-order chi connectivity index (χ0) is 11.1. The summed E-state index contributed by atoms with van der Waals surface area (Å²) in [6.07, 6.45) is 3.07. The van der Waals surface area contributed by atoms with Crippen molar-refractivity contribution >= 4 is 23.2 Å². The average molecular weight is 237 g/mol. The summed E-state index contributed by atoms with van der Waals surface area (Å²) in [4.78, 5) is 4.36. The molecule has 0 saturated heterocycles. The molecule has 2 aromatic rings. The number of nitrogens with one attached hydrogen (secondary N) is 1. The Balaban J connectivity index is 1.77. The summed E-state index contributed by atoms with van der Waals surface area (Å²) in [5.74, 6) is 2.32. The Hall–Kier alpha value is -1.29. The fraction of sp³-hybridized carbons (Fsp3) is 0.455. The van der Waals surface area contributed by atoms with E-state index < -0.39 is 0 Å². The van der Waals surface area contributed by atoms with Crippen LogP contribution >= 0.6 is 11.6 Å². The van der Waals surface area contributed by atoms with E-state index in [9.17, 15) is 0 Å². The van der Waals surface area contributed by atoms with Gasteiger partial charge in [-0.3, -0.25) is 0 Å². The second kappa shape index (κ2) is 3.63. The van der Waals surface area contributed by atoms with Crippen molar-refractivity contribution in [3.05, 3.63) is 23.4 Å². The van der Waals surface area contributed by atoms with Crippen LogP contribution in [0, 0.1) is 11.8 Å². The molecule has 1 aliphatic rings. The van der Waals surface area contributed by atoms with Crippen LogP contribution < -0.4 is 5.32 Å². The standard InChI is InChI=1S/C11H13ClN4/c1-7-4-8(7)5-13-11-14-10-3-2-9(12)6-16(10)15-11/h2-3,6-8H,4-5H2,1H3,(H,13,15). The summed E-state index contributed by atoms with van der Waals surface area (Å²) in [5.41, 5.74) is 0.816. The molecular weight excluding hydrogens is 224 g/mol. The zero-order valence-electron chi connectivity index (χ0n) is 9.02. The molecule has 0 bridgehead atoms. The lowest BCUT2D eigenvalue weighted by molar-refractivity contribution is 0.780. The third kappa shape index (κ3) is 1.85. The molecule has 2 atom stereocenters. The molecule has 2 aromatic heterocycles. The molecular formula is C11H13ClN4. The third-order valence-corrected chi connectivity index (χ3v) is 3.32. The van der Waals surface area contributed by atoms with E-state index in [1.807, 2.05) is 12.1 Å². The second-order valence-corrected chi connectivity index (χ2v) is 4.88. The van der Waals surface area contributed by atoms with Crippen molar-refractivity contribution in [2.75, 3.05) is 11.9 Å². The second-order valence-electron chi connectivity index (χ2n) is 4.44. The van der Waals surface area contributed by atoms with Gasteiger partial charge in [0.25, 0.3) is 0 Å². The van der Waals surface area contributed by atoms with Gasteiger partial charge in [-0.2, -0.15) is 4.98 Å². The lowest BCUT2D eigenvalue weighted by Crippen LogP contribution is -2.05. The summed E-state index contributed by atoms with van der Waals surface area (Å²) in [7, 11) is 0. The van der Waals surface area contributed by atoms with Crippen LogP contribution in [0.15, 0.2) is 18.3 Å². The van der Waals surface area contributed by atoms with Gasteiger partial charge in [0.2, 0.25) is 5.95 Å². The maximum Gasteiger partial charge on any atom is 0.243 e. The number of pyridine rings is 1. The Morgan fingerprint density at radius 3 is 3.12 bits per heavy atom. The molecule has 1 aliphatic carbocycles. The number of anilines is 1. The fourth-order valence-corrected chi connectivity index (χ4v) is 1.99. The van der Waals surface area contributed by atoms with Gasteiger partial charge in [0.05, 0.1) is 5.02 Å². The van der Waals surface area contributed by atoms with Crippen molar-refractivity contribution in [2.24, 2.45) is 11.8 Å². The van der Waals surface area contributed by atoms with Gasteiger partial charge in [-0.05, 0) is 30.4 Å². The van der Waals surface area contributed by atoms with Crippen molar-refractivity contribution in [1.82, 2.24) is 14.6 Å². The molecule has 2 heterocycles. The van der Waals surface area contributed by atoms with Crippen LogP contribution in [0.4, 0.5) is 5.95 Å². The Bertz CT molecular complexity index is 522. The average Bonchev–Trinajstić information content (AvgIpc) is 2.81. The number of aromatic nitrogens is 3. The minimum atomic E-state index is 0.666. The van der Waals surface area contributed by atoms with Crippen LogP contribution in [0.3, 0.4) is 0 Å². The Labute approximate surface area is 98.6 Å². The van der Waals surface area contributed by atoms with Gasteiger partial charge in [-0.25, -0.2) is 4.52 Å². The van der Waals surface area contributed by atoms with Gasteiger partial charge < -0.3 is 5.32 Å². The van der Waals surface area contributed by atoms with Crippen LogP contribution in [0.2, 0.25) is 5.02 Å². The minimum absolute atomic E-state index is 0.666. The quantitative estimate of drug-likeness (QED) is 0.890. The van der Waals surface area contributed by atoms with Crippen molar-refractivity contribution in [3.8, 4) is 0 Å². The van der Waals surface area contributed by atoms with Gasteiger partial charge >= 0.3 is 0 Å². The van der Waals surface area contributed by atoms with Crippen LogP contribution in [-0.4, -0.2) is 21.1 Å². The molecule has 4 nitrogen and oxygen atoms in total. The van der Waals surface area contributed by atoms with E-state index in [-0.39, 0.29) is 0 Å². The minimum Gasteiger partial charge on any atom is -0.353 e. The summed E-state index contributed by atoms with van der Waals surface area (Å²) < 4.78 is 1.70. The molecule has 0 spiro atoms. The van der Waals surface area contributed by atoms with Gasteiger partial charge in [0.1, 0.15) is 0 Å². The summed E-state index contributed by atoms with van der Waals surface area (Å²) in [6, 6.07) is 3.68. The number of fused-ring (bicyclic) bond motifs is 1. The lowest BCUT2D eigenvalue weighted by atomic mass is 10.3. The molecule has 1 N–H and O–H groups in total. The largest absolute Gasteiger partial charge is 0.353 e. The first-order chi connectivity index (χ1) is 7.72. The first kappa shape index (κ1) is 9.90. The van der Waals surface area contributed by atoms with Gasteiger partial charge in [-0.15, -0.1) is 5.10 Å². The van der Waals surface area contributed by atoms with E-state index in [4.69, 9.17) is 11.6 Å². The zero-order valence-corrected chi connectivity index (χ0v) is 9.78. The van der Waals surface area contributed by atoms with E-state index in [2.05, 4.69) is 22.3 Å². The number of rotatable bonds is 3. The molecule has 0 radical (unpaired) electrons. The van der Waals surface area contributed by atoms with Gasteiger partial charge in [0.15, 0.2) is 5.65 Å². The van der Waals surface area contributed by atoms with Crippen LogP contribution in [0.5, 0.6) is 0 Å². The lowest BCUT2D eigenvalue weighted by Gasteiger charge is -1.97. The van der Waals surface area contributed by atoms with Gasteiger partial charge in [0, 0.05) is 12.7 Å². The molecule has 3 rings (SSSR count). The first-order valence-corrected chi connectivity index (χ1v) is 5.86. The Morgan fingerprint density at radius 2 is 2.38 bits per heavy atom. The highest BCUT2D eigenvalue weighted by Crippen LogP contribution is 2.37. The van der Waals surface area contributed by atoms with Crippen LogP contribution in [0.25, 0.3) is 5.65 Å². The van der Waals surface area contributed by atoms with E-state index in [1.54, 1.807) is 10.7 Å². The number of hydrogen-bond donors (Lipinski definition) is 1. The van der Waals surface area contributed by atoms with Crippen molar-refractivity contribution in [2.45, 2.75) is 13.3 Å². The summed E-state index contributed by atoms with van der Waals surface area (Å²) in [5, 5.41) is 8.23. The fourth-order valence-electron chi connectivity index (χ4n) is 1.84. The summed E-state index contributed by atoms with van der Waals surface area (Å²) >= 11 is 5.88. The predicted molar refractivity (Wildman–Crippen MR) is 63.8 cm³/mol. The normalized spacial score (nSPS) is 23.6. The highest BCUT2D eigenvalue weighted by molar-refractivity contribution is 6.30. The van der Waals surface area contributed by atoms with Crippen molar-refractivity contribution in [1.29, 1.82) is 0 Å². The van der Waals surface area contributed by atoms with Crippen LogP contribution in [0.1, 0.15) is 13.3 Å². The van der Waals surface area contributed by atoms with E-state index in [0.29, 0.717) is 11.0 Å². The monoisotopic (exact) mass is 236 g/mol. The Kier molecular flexibility index (Phi) is 2.24. The number of hydrogen-bond acceptors (Lipinski definition) is 3. The smallest absolute Gasteiger partial charge is 0.243 e. The number of nitrogens with zero attached hydrogens (tertiary/aromatic N) is 3. The molecule has 16 heavy (non-hydrogen) atoms. The van der Waals surface area contributed by atoms with Crippen molar-refractivity contribution in [3.63, 3.8) is 0 Å². The molecule has 1 saturated carbocycles. The Morgan fingerprint density at radius 1 is 1.56 bits per heavy atom. The SMILES string of the molecule is CC1CC1CNc1nc2ccc(Cl)cn2n1. The highest BCUT2D eigenvalue weighted by Gasteiger charge is 2.32. The maximum atomic E-state index is 5.88. The van der Waals surface area contributed by atoms with Gasteiger partial charge in [-0.1, -0.05) is 18.5 Å². The van der Waals surface area contributed by atoms with E-state index in [1.165, 1.54) is 6.42 Å². The molecule has 84 valence electrons. The molecule has 0 aromatic carbocycles. The van der Waals surface area contributed by atoms with Crippen molar-refractivity contribution < 1.29 is 0 Å². The first-order valence-electron chi connectivity index (χ1n) is 5.48. The molecule has 1 fully saturated rings.